The lowest BCUT2D eigenvalue weighted by molar-refractivity contribution is 0.200. The zero-order valence-corrected chi connectivity index (χ0v) is 16.6. The molecule has 0 saturated heterocycles. The lowest BCUT2D eigenvalue weighted by Gasteiger charge is -2.32. The van der Waals surface area contributed by atoms with Gasteiger partial charge in [-0.1, -0.05) is 57.9 Å². The average molecular weight is 329 g/mol. The second-order valence-corrected chi connectivity index (χ2v) is 10.1. The molecule has 3 rings (SSSR count). The lowest BCUT2D eigenvalue weighted by Crippen LogP contribution is -2.20. The van der Waals surface area contributed by atoms with E-state index >= 15 is 0 Å². The van der Waals surface area contributed by atoms with Crippen molar-refractivity contribution < 1.29 is 0 Å². The van der Waals surface area contributed by atoms with Crippen molar-refractivity contribution in [2.45, 2.75) is 91.4 Å². The summed E-state index contributed by atoms with van der Waals surface area (Å²) >= 11 is 0. The van der Waals surface area contributed by atoms with Crippen LogP contribution >= 0.6 is 0 Å². The second-order valence-electron chi connectivity index (χ2n) is 10.1. The van der Waals surface area contributed by atoms with Gasteiger partial charge in [-0.3, -0.25) is 0 Å². The van der Waals surface area contributed by atoms with Crippen LogP contribution in [0.2, 0.25) is 0 Å². The van der Waals surface area contributed by atoms with Crippen molar-refractivity contribution in [3.05, 3.63) is 24.3 Å². The van der Waals surface area contributed by atoms with Crippen molar-refractivity contribution >= 4 is 0 Å². The van der Waals surface area contributed by atoms with Crippen LogP contribution in [0.15, 0.2) is 24.3 Å². The molecule has 3 aliphatic carbocycles. The van der Waals surface area contributed by atoms with Gasteiger partial charge in [-0.2, -0.15) is 0 Å². The highest BCUT2D eigenvalue weighted by atomic mass is 14.6. The Morgan fingerprint density at radius 2 is 1.50 bits per heavy atom. The largest absolute Gasteiger partial charge is 0.0956 e. The summed E-state index contributed by atoms with van der Waals surface area (Å²) in [5.41, 5.74) is 3.47. The Kier molecular flexibility index (Phi) is 5.62. The van der Waals surface area contributed by atoms with Gasteiger partial charge in [0.05, 0.1) is 0 Å². The van der Waals surface area contributed by atoms with E-state index in [2.05, 4.69) is 33.9 Å². The molecule has 0 aromatic heterocycles. The number of hydrogen-bond acceptors (Lipinski definition) is 0. The van der Waals surface area contributed by atoms with Crippen LogP contribution in [0.5, 0.6) is 0 Å². The van der Waals surface area contributed by atoms with Crippen LogP contribution in [0.3, 0.4) is 0 Å². The van der Waals surface area contributed by atoms with Gasteiger partial charge in [-0.25, -0.2) is 0 Å². The summed E-state index contributed by atoms with van der Waals surface area (Å²) in [4.78, 5) is 0. The Balaban J connectivity index is 1.32. The maximum atomic E-state index is 4.37. The van der Waals surface area contributed by atoms with E-state index in [4.69, 9.17) is 0 Å². The summed E-state index contributed by atoms with van der Waals surface area (Å²) in [6, 6.07) is 0. The number of allylic oxidation sites excluding steroid dienone is 2. The summed E-state index contributed by atoms with van der Waals surface area (Å²) in [5, 5.41) is 0. The SMILES string of the molecule is C=C(CCC1CCC(C)C(C)C1)C(=C)CCC1CCC2(C)CC2C1. The third kappa shape index (κ3) is 4.36. The zero-order valence-electron chi connectivity index (χ0n) is 16.6. The minimum atomic E-state index is 0.756. The lowest BCUT2D eigenvalue weighted by atomic mass is 9.74. The molecule has 0 aromatic rings. The quantitative estimate of drug-likeness (QED) is 0.423. The normalized spacial score (nSPS) is 41.5. The van der Waals surface area contributed by atoms with Crippen molar-refractivity contribution in [2.24, 2.45) is 35.0 Å². The van der Waals surface area contributed by atoms with Crippen LogP contribution in [0.4, 0.5) is 0 Å². The van der Waals surface area contributed by atoms with Crippen LogP contribution in [0.1, 0.15) is 91.4 Å². The minimum Gasteiger partial charge on any atom is -0.0956 e. The number of fused-ring (bicyclic) bond motifs is 1. The van der Waals surface area contributed by atoms with E-state index in [1.165, 1.54) is 81.8 Å². The first kappa shape index (κ1) is 18.3. The number of rotatable bonds is 7. The van der Waals surface area contributed by atoms with E-state index in [1.54, 1.807) is 0 Å². The zero-order chi connectivity index (χ0) is 17.3. The fourth-order valence-corrected chi connectivity index (χ4v) is 5.53. The third-order valence-corrected chi connectivity index (χ3v) is 8.20. The molecule has 0 N–H and O–H groups in total. The van der Waals surface area contributed by atoms with Gasteiger partial charge in [0.2, 0.25) is 0 Å². The molecule has 0 bridgehead atoms. The molecule has 136 valence electrons. The van der Waals surface area contributed by atoms with E-state index in [1.807, 2.05) is 0 Å². The fourth-order valence-electron chi connectivity index (χ4n) is 5.53. The van der Waals surface area contributed by atoms with Crippen LogP contribution < -0.4 is 0 Å². The van der Waals surface area contributed by atoms with Gasteiger partial charge in [0.15, 0.2) is 0 Å². The molecule has 24 heavy (non-hydrogen) atoms. The summed E-state index contributed by atoms with van der Waals surface area (Å²) < 4.78 is 0. The van der Waals surface area contributed by atoms with Gasteiger partial charge in [0.1, 0.15) is 0 Å². The highest BCUT2D eigenvalue weighted by molar-refractivity contribution is 5.25. The van der Waals surface area contributed by atoms with Gasteiger partial charge in [-0.15, -0.1) is 0 Å². The van der Waals surface area contributed by atoms with Crippen LogP contribution in [-0.2, 0) is 0 Å². The first-order valence-electron chi connectivity index (χ1n) is 10.7. The predicted molar refractivity (Wildman–Crippen MR) is 106 cm³/mol. The minimum absolute atomic E-state index is 0.756. The van der Waals surface area contributed by atoms with Gasteiger partial charge in [-0.05, 0) is 92.8 Å². The van der Waals surface area contributed by atoms with Crippen LogP contribution in [0, 0.1) is 35.0 Å². The molecule has 6 unspecified atom stereocenters. The monoisotopic (exact) mass is 328 g/mol. The molecule has 3 saturated carbocycles. The van der Waals surface area contributed by atoms with Crippen molar-refractivity contribution in [3.8, 4) is 0 Å². The Labute approximate surface area is 151 Å². The van der Waals surface area contributed by atoms with Crippen molar-refractivity contribution in [1.29, 1.82) is 0 Å². The van der Waals surface area contributed by atoms with Crippen molar-refractivity contribution in [2.75, 3.05) is 0 Å². The van der Waals surface area contributed by atoms with Gasteiger partial charge >= 0.3 is 0 Å². The van der Waals surface area contributed by atoms with Crippen molar-refractivity contribution in [1.82, 2.24) is 0 Å². The molecular weight excluding hydrogens is 288 g/mol. The highest BCUT2D eigenvalue weighted by Gasteiger charge is 2.52. The van der Waals surface area contributed by atoms with E-state index < -0.39 is 0 Å². The van der Waals surface area contributed by atoms with Crippen LogP contribution in [-0.4, -0.2) is 0 Å². The summed E-state index contributed by atoms with van der Waals surface area (Å²) in [6.07, 6.45) is 15.3. The van der Waals surface area contributed by atoms with Gasteiger partial charge < -0.3 is 0 Å². The first-order chi connectivity index (χ1) is 11.4. The Morgan fingerprint density at radius 3 is 2.08 bits per heavy atom. The Morgan fingerprint density at radius 1 is 0.875 bits per heavy atom. The summed E-state index contributed by atoms with van der Waals surface area (Å²) in [5.74, 6) is 4.81. The molecule has 0 amide bonds. The molecule has 0 heteroatoms. The second kappa shape index (κ2) is 7.38. The van der Waals surface area contributed by atoms with E-state index in [0.717, 1.165) is 35.0 Å². The first-order valence-corrected chi connectivity index (χ1v) is 10.7. The Hall–Kier alpha value is -0.520. The predicted octanol–water partition coefficient (Wildman–Crippen LogP) is 7.56. The highest BCUT2D eigenvalue weighted by Crippen LogP contribution is 2.62. The van der Waals surface area contributed by atoms with E-state index in [0.29, 0.717) is 0 Å². The third-order valence-electron chi connectivity index (χ3n) is 8.20. The maximum absolute atomic E-state index is 4.37. The molecule has 0 aliphatic heterocycles. The van der Waals surface area contributed by atoms with E-state index in [9.17, 15) is 0 Å². The molecule has 3 fully saturated rings. The Bertz CT molecular complexity index is 452. The molecule has 6 atom stereocenters. The maximum Gasteiger partial charge on any atom is -0.0280 e. The number of hydrogen-bond donors (Lipinski definition) is 0. The molecule has 0 aromatic carbocycles. The standard InChI is InChI=1S/C24H40/c1-17(6-9-21-10-8-19(3)20(4)14-21)18(2)7-11-22-12-13-24(5)16-23(24)15-22/h19-23H,1-2,6-16H2,3-5H3. The molecule has 0 radical (unpaired) electrons. The summed E-state index contributed by atoms with van der Waals surface area (Å²) in [6.45, 7) is 16.1. The van der Waals surface area contributed by atoms with E-state index in [-0.39, 0.29) is 0 Å². The fraction of sp³-hybridized carbons (Fsp3) is 0.833. The van der Waals surface area contributed by atoms with Crippen molar-refractivity contribution in [3.63, 3.8) is 0 Å². The van der Waals surface area contributed by atoms with Gasteiger partial charge in [0.25, 0.3) is 0 Å². The molecule has 3 aliphatic rings. The molecule has 0 spiro atoms. The average Bonchev–Trinajstić information content (AvgIpc) is 3.24. The molecule has 0 nitrogen and oxygen atoms in total. The molecular formula is C24H40. The molecule has 0 heterocycles. The van der Waals surface area contributed by atoms with Crippen LogP contribution in [0.25, 0.3) is 0 Å². The summed E-state index contributed by atoms with van der Waals surface area (Å²) in [7, 11) is 0. The topological polar surface area (TPSA) is 0 Å². The van der Waals surface area contributed by atoms with Gasteiger partial charge in [0, 0.05) is 0 Å². The smallest absolute Gasteiger partial charge is 0.0280 e.